The molecule has 2 heterocycles. The van der Waals surface area contributed by atoms with Gasteiger partial charge in [0.15, 0.2) is 11.5 Å². The van der Waals surface area contributed by atoms with Gasteiger partial charge in [0.25, 0.3) is 5.56 Å². The minimum absolute atomic E-state index is 0.225. The molecule has 0 N–H and O–H groups in total. The third-order valence-corrected chi connectivity index (χ3v) is 5.87. The zero-order chi connectivity index (χ0) is 22.0. The van der Waals surface area contributed by atoms with Gasteiger partial charge >= 0.3 is 0 Å². The quantitative estimate of drug-likeness (QED) is 0.421. The number of hydrogen-bond donors (Lipinski definition) is 0. The molecule has 0 saturated heterocycles. The highest BCUT2D eigenvalue weighted by molar-refractivity contribution is 7.19. The van der Waals surface area contributed by atoms with Crippen molar-refractivity contribution >= 4 is 27.8 Å². The van der Waals surface area contributed by atoms with Crippen molar-refractivity contribution in [2.45, 2.75) is 6.92 Å². The van der Waals surface area contributed by atoms with Crippen LogP contribution < -0.4 is 19.8 Å². The lowest BCUT2D eigenvalue weighted by molar-refractivity contribution is 0.324. The Balaban J connectivity index is 1.81. The molecule has 0 bridgehead atoms. The molecule has 0 fully saturated rings. The Morgan fingerprint density at radius 3 is 2.32 bits per heavy atom. The number of hydrogen-bond acceptors (Lipinski definition) is 7. The molecule has 0 atom stereocenters. The number of methoxy groups -OCH3 is 3. The van der Waals surface area contributed by atoms with Crippen molar-refractivity contribution in [3.63, 3.8) is 0 Å². The maximum atomic E-state index is 13.3. The molecule has 4 aromatic rings. The highest BCUT2D eigenvalue weighted by atomic mass is 32.1. The monoisotopic (exact) mass is 435 g/mol. The molecule has 0 radical (unpaired) electrons. The third-order valence-electron chi connectivity index (χ3n) is 4.85. The molecule has 158 valence electrons. The summed E-state index contributed by atoms with van der Waals surface area (Å²) in [6.45, 7) is 2.00. The standard InChI is InChI=1S/C23H21N3O4S/c1-14-19(16-8-6-5-7-9-16)20-22(31-14)24-13-26(23(20)27)25-12-15-10-17(28-2)21(30-4)18(11-15)29-3/h5-13H,1-4H3/b25-12-. The maximum absolute atomic E-state index is 13.3. The first-order chi connectivity index (χ1) is 15.1. The average Bonchev–Trinajstić information content (AvgIpc) is 3.15. The Labute approximate surface area is 183 Å². The summed E-state index contributed by atoms with van der Waals surface area (Å²) in [7, 11) is 4.64. The van der Waals surface area contributed by atoms with E-state index >= 15 is 0 Å². The summed E-state index contributed by atoms with van der Waals surface area (Å²) in [6.07, 6.45) is 2.99. The fourth-order valence-corrected chi connectivity index (χ4v) is 4.44. The van der Waals surface area contributed by atoms with E-state index in [4.69, 9.17) is 14.2 Å². The van der Waals surface area contributed by atoms with Gasteiger partial charge in [0.1, 0.15) is 11.2 Å². The van der Waals surface area contributed by atoms with Crippen molar-refractivity contribution in [1.82, 2.24) is 9.66 Å². The second kappa shape index (κ2) is 8.61. The smallest absolute Gasteiger partial charge is 0.283 e. The van der Waals surface area contributed by atoms with Crippen molar-refractivity contribution in [3.05, 3.63) is 69.6 Å². The summed E-state index contributed by atoms with van der Waals surface area (Å²) >= 11 is 1.50. The first-order valence-corrected chi connectivity index (χ1v) is 10.3. The van der Waals surface area contributed by atoms with Crippen LogP contribution in [-0.4, -0.2) is 37.2 Å². The molecule has 2 aromatic carbocycles. The van der Waals surface area contributed by atoms with Gasteiger partial charge in [-0.3, -0.25) is 4.79 Å². The number of aromatic nitrogens is 2. The normalized spacial score (nSPS) is 11.2. The summed E-state index contributed by atoms with van der Waals surface area (Å²) in [5.74, 6) is 1.50. The molecule has 0 saturated carbocycles. The van der Waals surface area contributed by atoms with E-state index in [1.165, 1.54) is 22.3 Å². The highest BCUT2D eigenvalue weighted by Crippen LogP contribution is 2.38. The van der Waals surface area contributed by atoms with E-state index in [0.29, 0.717) is 33.0 Å². The predicted molar refractivity (Wildman–Crippen MR) is 123 cm³/mol. The van der Waals surface area contributed by atoms with Crippen molar-refractivity contribution in [2.75, 3.05) is 21.3 Å². The van der Waals surface area contributed by atoms with E-state index in [9.17, 15) is 4.79 Å². The summed E-state index contributed by atoms with van der Waals surface area (Å²) in [4.78, 5) is 19.4. The second-order valence-electron chi connectivity index (χ2n) is 6.68. The van der Waals surface area contributed by atoms with Gasteiger partial charge in [-0.25, -0.2) is 4.98 Å². The fourth-order valence-electron chi connectivity index (χ4n) is 3.43. The number of ether oxygens (including phenoxy) is 3. The lowest BCUT2D eigenvalue weighted by atomic mass is 10.0. The fraction of sp³-hybridized carbons (Fsp3) is 0.174. The van der Waals surface area contributed by atoms with Crippen LogP contribution >= 0.6 is 11.3 Å². The Morgan fingerprint density at radius 2 is 1.71 bits per heavy atom. The van der Waals surface area contributed by atoms with Crippen LogP contribution in [0.5, 0.6) is 17.2 Å². The first kappa shape index (κ1) is 20.6. The van der Waals surface area contributed by atoms with E-state index in [0.717, 1.165) is 16.0 Å². The molecule has 0 aliphatic rings. The molecule has 0 aliphatic carbocycles. The van der Waals surface area contributed by atoms with Crippen LogP contribution in [0.25, 0.3) is 21.3 Å². The van der Waals surface area contributed by atoms with Gasteiger partial charge in [-0.15, -0.1) is 11.3 Å². The number of thiophene rings is 1. The molecular weight excluding hydrogens is 414 g/mol. The average molecular weight is 436 g/mol. The van der Waals surface area contributed by atoms with Gasteiger partial charge in [0.05, 0.1) is 32.9 Å². The lowest BCUT2D eigenvalue weighted by Crippen LogP contribution is -2.16. The zero-order valence-electron chi connectivity index (χ0n) is 17.6. The first-order valence-electron chi connectivity index (χ1n) is 9.48. The van der Waals surface area contributed by atoms with Gasteiger partial charge in [-0.05, 0) is 24.6 Å². The van der Waals surface area contributed by atoms with Crippen LogP contribution in [0.4, 0.5) is 0 Å². The summed E-state index contributed by atoms with van der Waals surface area (Å²) in [5.41, 5.74) is 2.34. The molecule has 0 spiro atoms. The molecule has 4 rings (SSSR count). The van der Waals surface area contributed by atoms with Gasteiger partial charge in [-0.1, -0.05) is 30.3 Å². The largest absolute Gasteiger partial charge is 0.493 e. The highest BCUT2D eigenvalue weighted by Gasteiger charge is 2.17. The molecule has 2 aromatic heterocycles. The number of fused-ring (bicyclic) bond motifs is 1. The molecule has 8 heteroatoms. The molecule has 31 heavy (non-hydrogen) atoms. The van der Waals surface area contributed by atoms with Gasteiger partial charge in [0.2, 0.25) is 5.75 Å². The van der Waals surface area contributed by atoms with Gasteiger partial charge in [-0.2, -0.15) is 9.78 Å². The van der Waals surface area contributed by atoms with E-state index < -0.39 is 0 Å². The second-order valence-corrected chi connectivity index (χ2v) is 7.88. The number of aryl methyl sites for hydroxylation is 1. The van der Waals surface area contributed by atoms with Crippen molar-refractivity contribution in [2.24, 2.45) is 5.10 Å². The Morgan fingerprint density at radius 1 is 1.03 bits per heavy atom. The maximum Gasteiger partial charge on any atom is 0.283 e. The molecule has 0 amide bonds. The summed E-state index contributed by atoms with van der Waals surface area (Å²) in [5, 5.41) is 4.91. The zero-order valence-corrected chi connectivity index (χ0v) is 18.4. The Hall–Kier alpha value is -3.65. The lowest BCUT2D eigenvalue weighted by Gasteiger charge is -2.12. The van der Waals surface area contributed by atoms with Crippen LogP contribution in [0.2, 0.25) is 0 Å². The Bertz CT molecular complexity index is 1300. The van der Waals surface area contributed by atoms with E-state index in [-0.39, 0.29) is 5.56 Å². The Kier molecular flexibility index (Phi) is 5.73. The molecule has 7 nitrogen and oxygen atoms in total. The number of benzene rings is 2. The van der Waals surface area contributed by atoms with E-state index in [2.05, 4.69) is 10.1 Å². The number of nitrogens with zero attached hydrogens (tertiary/aromatic N) is 3. The van der Waals surface area contributed by atoms with Crippen LogP contribution in [0.15, 0.2) is 58.7 Å². The van der Waals surface area contributed by atoms with E-state index in [1.54, 1.807) is 39.7 Å². The van der Waals surface area contributed by atoms with Crippen LogP contribution in [0.3, 0.4) is 0 Å². The number of rotatable bonds is 6. The third kappa shape index (κ3) is 3.77. The van der Waals surface area contributed by atoms with Crippen LogP contribution in [-0.2, 0) is 0 Å². The predicted octanol–water partition coefficient (Wildman–Crippen LogP) is 4.34. The molecular formula is C23H21N3O4S. The van der Waals surface area contributed by atoms with Crippen molar-refractivity contribution in [1.29, 1.82) is 0 Å². The van der Waals surface area contributed by atoms with E-state index in [1.807, 2.05) is 37.3 Å². The van der Waals surface area contributed by atoms with Crippen molar-refractivity contribution in [3.8, 4) is 28.4 Å². The molecule has 0 unspecified atom stereocenters. The SMILES string of the molecule is COc1cc(/C=N\n2cnc3sc(C)c(-c4ccccc4)c3c2=O)cc(OC)c1OC. The topological polar surface area (TPSA) is 74.9 Å². The molecule has 0 aliphatic heterocycles. The minimum Gasteiger partial charge on any atom is -0.493 e. The summed E-state index contributed by atoms with van der Waals surface area (Å²) < 4.78 is 17.3. The summed E-state index contributed by atoms with van der Waals surface area (Å²) in [6, 6.07) is 13.4. The van der Waals surface area contributed by atoms with Gasteiger partial charge < -0.3 is 14.2 Å². The van der Waals surface area contributed by atoms with Gasteiger partial charge in [0, 0.05) is 16.0 Å². The van der Waals surface area contributed by atoms with Crippen molar-refractivity contribution < 1.29 is 14.2 Å². The van der Waals surface area contributed by atoms with Crippen LogP contribution in [0, 0.1) is 6.92 Å². The van der Waals surface area contributed by atoms with Crippen LogP contribution in [0.1, 0.15) is 10.4 Å². The minimum atomic E-state index is -0.225.